The topological polar surface area (TPSA) is 12.9 Å². The molecule has 0 atom stereocenters. The molecule has 0 N–H and O–H groups in total. The van der Waals surface area contributed by atoms with Crippen molar-refractivity contribution in [3.63, 3.8) is 0 Å². The summed E-state index contributed by atoms with van der Waals surface area (Å²) < 4.78 is 2.24. The average molecular weight is 410 g/mol. The van der Waals surface area contributed by atoms with Gasteiger partial charge in [0.15, 0.2) is 0 Å². The van der Waals surface area contributed by atoms with Gasteiger partial charge in [-0.15, -0.1) is 0 Å². The van der Waals surface area contributed by atoms with Crippen molar-refractivity contribution in [3.05, 3.63) is 62.6 Å². The summed E-state index contributed by atoms with van der Waals surface area (Å²) in [6, 6.07) is 18.6. The number of hydrogen-bond acceptors (Lipinski definition) is 1. The lowest BCUT2D eigenvalue weighted by Crippen LogP contribution is -1.90. The maximum absolute atomic E-state index is 4.77. The minimum atomic E-state index is 1.03. The van der Waals surface area contributed by atoms with E-state index < -0.39 is 0 Å². The summed E-state index contributed by atoms with van der Waals surface area (Å²) >= 11 is 5.93. The van der Waals surface area contributed by atoms with E-state index in [1.165, 1.54) is 8.96 Å². The van der Waals surface area contributed by atoms with Crippen molar-refractivity contribution in [2.24, 2.45) is 0 Å². The van der Waals surface area contributed by atoms with Crippen molar-refractivity contribution >= 4 is 49.4 Å². The molecule has 0 fully saturated rings. The van der Waals surface area contributed by atoms with Gasteiger partial charge in [-0.3, -0.25) is 0 Å². The fraction of sp³-hybridized carbons (Fsp3) is 0. The van der Waals surface area contributed by atoms with E-state index in [2.05, 4.69) is 56.7 Å². The Kier molecular flexibility index (Phi) is 3.35. The lowest BCUT2D eigenvalue weighted by molar-refractivity contribution is 1.37. The highest BCUT2D eigenvalue weighted by Crippen LogP contribution is 2.31. The van der Waals surface area contributed by atoms with Gasteiger partial charge in [0.2, 0.25) is 0 Å². The van der Waals surface area contributed by atoms with Crippen LogP contribution in [0.15, 0.2) is 59.1 Å². The van der Waals surface area contributed by atoms with Gasteiger partial charge in [-0.05, 0) is 40.8 Å². The number of hydrogen-bond donors (Lipinski definition) is 0. The highest BCUT2D eigenvalue weighted by atomic mass is 127. The van der Waals surface area contributed by atoms with E-state index in [-0.39, 0.29) is 0 Å². The quantitative estimate of drug-likeness (QED) is 0.499. The van der Waals surface area contributed by atoms with Crippen LogP contribution in [0.3, 0.4) is 0 Å². The van der Waals surface area contributed by atoms with Gasteiger partial charge in [-0.2, -0.15) is 0 Å². The maximum Gasteiger partial charge on any atom is 0.0854 e. The Morgan fingerprint density at radius 1 is 0.944 bits per heavy atom. The van der Waals surface area contributed by atoms with Gasteiger partial charge in [0.25, 0.3) is 0 Å². The van der Waals surface area contributed by atoms with Crippen molar-refractivity contribution in [2.45, 2.75) is 0 Å². The van der Waals surface area contributed by atoms with Gasteiger partial charge < -0.3 is 0 Å². The molecule has 0 aliphatic carbocycles. The number of aromatic nitrogens is 1. The lowest BCUT2D eigenvalue weighted by Gasteiger charge is -2.08. The van der Waals surface area contributed by atoms with Gasteiger partial charge in [0, 0.05) is 19.0 Å². The number of rotatable bonds is 1. The molecule has 0 unspecified atom stereocenters. The van der Waals surface area contributed by atoms with Gasteiger partial charge in [-0.1, -0.05) is 52.3 Å². The summed E-state index contributed by atoms with van der Waals surface area (Å²) in [7, 11) is 0. The van der Waals surface area contributed by atoms with Crippen LogP contribution in [0.2, 0.25) is 0 Å². The molecule has 0 saturated heterocycles. The molecular formula is C15H9BrIN. The molecule has 1 aromatic heterocycles. The Morgan fingerprint density at radius 2 is 1.67 bits per heavy atom. The Morgan fingerprint density at radius 3 is 2.50 bits per heavy atom. The van der Waals surface area contributed by atoms with Crippen LogP contribution in [0.25, 0.3) is 22.2 Å². The molecule has 0 aliphatic heterocycles. The summed E-state index contributed by atoms with van der Waals surface area (Å²) in [4.78, 5) is 4.77. The van der Waals surface area contributed by atoms with Gasteiger partial charge in [-0.25, -0.2) is 4.98 Å². The molecule has 0 amide bonds. The van der Waals surface area contributed by atoms with Gasteiger partial charge >= 0.3 is 0 Å². The molecule has 0 spiro atoms. The highest BCUT2D eigenvalue weighted by molar-refractivity contribution is 14.1. The zero-order valence-electron chi connectivity index (χ0n) is 9.40. The second-order valence-corrected chi connectivity index (χ2v) is 6.01. The number of benzene rings is 2. The van der Waals surface area contributed by atoms with Crippen LogP contribution in [0.4, 0.5) is 0 Å². The first kappa shape index (κ1) is 12.1. The second-order valence-electron chi connectivity index (χ2n) is 3.99. The summed E-state index contributed by atoms with van der Waals surface area (Å²) in [5.41, 5.74) is 3.19. The van der Waals surface area contributed by atoms with E-state index in [1.54, 1.807) is 0 Å². The Labute approximate surface area is 128 Å². The molecule has 0 bridgehead atoms. The fourth-order valence-electron chi connectivity index (χ4n) is 1.93. The summed E-state index contributed by atoms with van der Waals surface area (Å²) in [6.07, 6.45) is 0. The number of nitrogens with zero attached hydrogens (tertiary/aromatic N) is 1. The predicted molar refractivity (Wildman–Crippen MR) is 87.6 cm³/mol. The molecule has 3 rings (SSSR count). The monoisotopic (exact) mass is 409 g/mol. The minimum absolute atomic E-state index is 1.03. The summed E-state index contributed by atoms with van der Waals surface area (Å²) in [5.74, 6) is 0. The number of para-hydroxylation sites is 1. The van der Waals surface area contributed by atoms with E-state index in [0.29, 0.717) is 0 Å². The zero-order chi connectivity index (χ0) is 12.5. The van der Waals surface area contributed by atoms with Crippen LogP contribution in [0, 0.1) is 3.57 Å². The number of pyridine rings is 1. The molecule has 3 heteroatoms. The van der Waals surface area contributed by atoms with E-state index in [0.717, 1.165) is 21.2 Å². The van der Waals surface area contributed by atoms with Gasteiger partial charge in [0.05, 0.1) is 11.2 Å². The first-order chi connectivity index (χ1) is 8.75. The van der Waals surface area contributed by atoms with E-state index in [9.17, 15) is 0 Å². The van der Waals surface area contributed by atoms with Crippen molar-refractivity contribution < 1.29 is 0 Å². The minimum Gasteiger partial charge on any atom is -0.247 e. The van der Waals surface area contributed by atoms with Crippen molar-refractivity contribution in [1.82, 2.24) is 4.98 Å². The standard InChI is InChI=1S/C15H9BrIN/c16-12-7-3-2-6-11(12)15-13(17)9-10-5-1-4-8-14(10)18-15/h1-9H. The van der Waals surface area contributed by atoms with Crippen LogP contribution in [0.1, 0.15) is 0 Å². The molecule has 18 heavy (non-hydrogen) atoms. The van der Waals surface area contributed by atoms with Crippen LogP contribution < -0.4 is 0 Å². The Bertz CT molecular complexity index is 725. The summed E-state index contributed by atoms with van der Waals surface area (Å²) in [6.45, 7) is 0. The molecule has 1 nitrogen and oxygen atoms in total. The number of halogens is 2. The van der Waals surface area contributed by atoms with Crippen LogP contribution in [-0.4, -0.2) is 4.98 Å². The molecular weight excluding hydrogens is 401 g/mol. The molecule has 1 heterocycles. The average Bonchev–Trinajstić information content (AvgIpc) is 2.39. The van der Waals surface area contributed by atoms with Crippen molar-refractivity contribution in [2.75, 3.05) is 0 Å². The lowest BCUT2D eigenvalue weighted by atomic mass is 10.1. The van der Waals surface area contributed by atoms with Crippen LogP contribution >= 0.6 is 38.5 Å². The third-order valence-corrected chi connectivity index (χ3v) is 4.32. The third-order valence-electron chi connectivity index (χ3n) is 2.81. The van der Waals surface area contributed by atoms with E-state index >= 15 is 0 Å². The third kappa shape index (κ3) is 2.17. The van der Waals surface area contributed by atoms with Crippen LogP contribution in [0.5, 0.6) is 0 Å². The van der Waals surface area contributed by atoms with Crippen LogP contribution in [-0.2, 0) is 0 Å². The van der Waals surface area contributed by atoms with E-state index in [1.807, 2.05) is 36.4 Å². The molecule has 0 saturated carbocycles. The normalized spacial score (nSPS) is 10.8. The predicted octanol–water partition coefficient (Wildman–Crippen LogP) is 5.27. The SMILES string of the molecule is Brc1ccccc1-c1nc2ccccc2cc1I. The fourth-order valence-corrected chi connectivity index (χ4v) is 3.15. The molecule has 88 valence electrons. The Hall–Kier alpha value is -0.940. The van der Waals surface area contributed by atoms with Crippen molar-refractivity contribution in [3.8, 4) is 11.3 Å². The second kappa shape index (κ2) is 4.97. The first-order valence-electron chi connectivity index (χ1n) is 5.56. The van der Waals surface area contributed by atoms with E-state index in [4.69, 9.17) is 4.98 Å². The molecule has 0 aliphatic rings. The maximum atomic E-state index is 4.77. The van der Waals surface area contributed by atoms with Crippen molar-refractivity contribution in [1.29, 1.82) is 0 Å². The Balaban J connectivity index is 2.30. The summed E-state index contributed by atoms with van der Waals surface area (Å²) in [5, 5.41) is 1.18. The molecule has 3 aromatic rings. The zero-order valence-corrected chi connectivity index (χ0v) is 13.1. The smallest absolute Gasteiger partial charge is 0.0854 e. The highest BCUT2D eigenvalue weighted by Gasteiger charge is 2.09. The number of fused-ring (bicyclic) bond motifs is 1. The van der Waals surface area contributed by atoms with Gasteiger partial charge in [0.1, 0.15) is 0 Å². The largest absolute Gasteiger partial charge is 0.247 e. The molecule has 2 aromatic carbocycles. The first-order valence-corrected chi connectivity index (χ1v) is 7.43. The molecule has 0 radical (unpaired) electrons.